The number of aryl methyl sites for hydroxylation is 2. The maximum atomic E-state index is 12.8. The van der Waals surface area contributed by atoms with Gasteiger partial charge in [0.2, 0.25) is 0 Å². The number of aromatic nitrogens is 4. The minimum Gasteiger partial charge on any atom is -0.332 e. The number of hydrogen-bond donors (Lipinski definition) is 0. The van der Waals surface area contributed by atoms with Crippen LogP contribution in [-0.4, -0.2) is 43.0 Å². The number of carbonyl (C=O) groups is 1. The molecule has 1 amide bonds. The predicted octanol–water partition coefficient (Wildman–Crippen LogP) is 1.46. The lowest BCUT2D eigenvalue weighted by molar-refractivity contribution is 0.0712. The highest BCUT2D eigenvalue weighted by atomic mass is 16.2. The minimum atomic E-state index is -0.168. The molecule has 0 saturated carbocycles. The number of amides is 1. The van der Waals surface area contributed by atoms with Gasteiger partial charge < -0.3 is 4.90 Å². The molecule has 1 aliphatic heterocycles. The average Bonchev–Trinajstić information content (AvgIpc) is 3.18. The van der Waals surface area contributed by atoms with Crippen molar-refractivity contribution in [3.63, 3.8) is 0 Å². The van der Waals surface area contributed by atoms with E-state index in [0.717, 1.165) is 31.4 Å². The molecule has 3 heterocycles. The van der Waals surface area contributed by atoms with Crippen molar-refractivity contribution in [3.8, 4) is 0 Å². The van der Waals surface area contributed by atoms with Gasteiger partial charge in [-0.05, 0) is 37.8 Å². The molecule has 0 aromatic carbocycles. The number of hydrogen-bond acceptors (Lipinski definition) is 4. The van der Waals surface area contributed by atoms with Crippen LogP contribution < -0.4 is 5.56 Å². The van der Waals surface area contributed by atoms with Crippen molar-refractivity contribution in [2.24, 2.45) is 0 Å². The summed E-state index contributed by atoms with van der Waals surface area (Å²) in [7, 11) is 0. The summed E-state index contributed by atoms with van der Waals surface area (Å²) in [5.74, 6) is -0.105. The summed E-state index contributed by atoms with van der Waals surface area (Å²) in [5.41, 5.74) is 1.28. The summed E-state index contributed by atoms with van der Waals surface area (Å²) in [6.07, 6.45) is 6.55. The topological polar surface area (TPSA) is 73.0 Å². The first-order valence-corrected chi connectivity index (χ1v) is 8.46. The van der Waals surface area contributed by atoms with E-state index in [0.29, 0.717) is 18.8 Å². The third kappa shape index (κ3) is 3.39. The van der Waals surface area contributed by atoms with Crippen molar-refractivity contribution in [3.05, 3.63) is 46.1 Å². The van der Waals surface area contributed by atoms with E-state index in [1.807, 2.05) is 35.8 Å². The molecule has 1 atom stereocenters. The lowest BCUT2D eigenvalue weighted by Crippen LogP contribution is -2.39. The van der Waals surface area contributed by atoms with Crippen LogP contribution in [0.3, 0.4) is 0 Å². The zero-order valence-corrected chi connectivity index (χ0v) is 14.2. The number of rotatable bonds is 5. The molecule has 3 rings (SSSR count). The third-order valence-electron chi connectivity index (χ3n) is 4.32. The Morgan fingerprint density at radius 3 is 2.92 bits per heavy atom. The molecule has 0 bridgehead atoms. The molecule has 1 fully saturated rings. The molecule has 2 aromatic heterocycles. The Hall–Kier alpha value is -2.44. The van der Waals surface area contributed by atoms with Gasteiger partial charge in [0.15, 0.2) is 0 Å². The van der Waals surface area contributed by atoms with E-state index in [1.165, 1.54) is 16.8 Å². The largest absolute Gasteiger partial charge is 0.332 e. The summed E-state index contributed by atoms with van der Waals surface area (Å²) >= 11 is 0. The van der Waals surface area contributed by atoms with Crippen LogP contribution in [0.1, 0.15) is 42.2 Å². The number of carbonyl (C=O) groups excluding carboxylic acids is 1. The second-order valence-corrected chi connectivity index (χ2v) is 6.31. The molecule has 0 spiro atoms. The Morgan fingerprint density at radius 1 is 1.38 bits per heavy atom. The molecule has 1 aliphatic rings. The first-order chi connectivity index (χ1) is 11.6. The Morgan fingerprint density at radius 2 is 2.21 bits per heavy atom. The van der Waals surface area contributed by atoms with E-state index < -0.39 is 0 Å². The van der Waals surface area contributed by atoms with Gasteiger partial charge in [0.05, 0.1) is 18.8 Å². The second kappa shape index (κ2) is 6.98. The summed E-state index contributed by atoms with van der Waals surface area (Å²) in [6.45, 7) is 5.91. The highest BCUT2D eigenvalue weighted by Gasteiger charge is 2.30. The van der Waals surface area contributed by atoms with Crippen LogP contribution in [0, 0.1) is 6.92 Å². The molecule has 0 N–H and O–H groups in total. The van der Waals surface area contributed by atoms with Crippen molar-refractivity contribution in [1.29, 1.82) is 0 Å². The highest BCUT2D eigenvalue weighted by Crippen LogP contribution is 2.20. The van der Waals surface area contributed by atoms with Crippen LogP contribution >= 0.6 is 0 Å². The molecule has 0 radical (unpaired) electrons. The van der Waals surface area contributed by atoms with Crippen molar-refractivity contribution >= 4 is 5.91 Å². The molecule has 7 nitrogen and oxygen atoms in total. The highest BCUT2D eigenvalue weighted by molar-refractivity contribution is 5.92. The van der Waals surface area contributed by atoms with Crippen molar-refractivity contribution < 1.29 is 4.79 Å². The fourth-order valence-electron chi connectivity index (χ4n) is 3.16. The monoisotopic (exact) mass is 329 g/mol. The van der Waals surface area contributed by atoms with Gasteiger partial charge in [0.25, 0.3) is 11.5 Å². The van der Waals surface area contributed by atoms with Gasteiger partial charge in [-0.2, -0.15) is 10.2 Å². The smallest absolute Gasteiger partial charge is 0.274 e. The molecule has 7 heteroatoms. The Labute approximate surface area is 140 Å². The minimum absolute atomic E-state index is 0.105. The summed E-state index contributed by atoms with van der Waals surface area (Å²) in [5, 5.41) is 8.56. The van der Waals surface area contributed by atoms with Crippen LogP contribution in [0.4, 0.5) is 0 Å². The maximum Gasteiger partial charge on any atom is 0.274 e. The first kappa shape index (κ1) is 16.4. The fraction of sp³-hybridized carbons (Fsp3) is 0.529. The zero-order chi connectivity index (χ0) is 17.1. The van der Waals surface area contributed by atoms with E-state index >= 15 is 0 Å². The maximum absolute atomic E-state index is 12.8. The number of likely N-dealkylation sites (tertiary alicyclic amines) is 1. The van der Waals surface area contributed by atoms with Gasteiger partial charge in [-0.1, -0.05) is 6.92 Å². The Kier molecular flexibility index (Phi) is 4.78. The number of nitrogens with zero attached hydrogens (tertiary/aromatic N) is 5. The van der Waals surface area contributed by atoms with Crippen molar-refractivity contribution in [2.45, 2.75) is 52.2 Å². The molecule has 2 aromatic rings. The molecule has 0 unspecified atom stereocenters. The van der Waals surface area contributed by atoms with Gasteiger partial charge in [-0.15, -0.1) is 0 Å². The molecule has 0 aliphatic carbocycles. The van der Waals surface area contributed by atoms with Crippen LogP contribution in [0.15, 0.2) is 29.3 Å². The van der Waals surface area contributed by atoms with E-state index in [2.05, 4.69) is 10.2 Å². The van der Waals surface area contributed by atoms with Crippen LogP contribution in [0.2, 0.25) is 0 Å². The molecule has 128 valence electrons. The van der Waals surface area contributed by atoms with Gasteiger partial charge in [0.1, 0.15) is 5.69 Å². The summed E-state index contributed by atoms with van der Waals surface area (Å²) < 4.78 is 3.26. The molecule has 1 saturated heterocycles. The SMILES string of the molecule is CCCn1nc(C(=O)N2CCC[C@@H]2Cn2cc(C)cn2)ccc1=O. The Balaban J connectivity index is 1.78. The average molecular weight is 329 g/mol. The summed E-state index contributed by atoms with van der Waals surface area (Å²) in [6, 6.07) is 3.08. The van der Waals surface area contributed by atoms with Gasteiger partial charge in [-0.3, -0.25) is 14.3 Å². The lowest BCUT2D eigenvalue weighted by atomic mass is 10.2. The summed E-state index contributed by atoms with van der Waals surface area (Å²) in [4.78, 5) is 26.5. The van der Waals surface area contributed by atoms with Gasteiger partial charge >= 0.3 is 0 Å². The predicted molar refractivity (Wildman–Crippen MR) is 89.8 cm³/mol. The second-order valence-electron chi connectivity index (χ2n) is 6.31. The van der Waals surface area contributed by atoms with Gasteiger partial charge in [-0.25, -0.2) is 4.68 Å². The first-order valence-electron chi connectivity index (χ1n) is 8.46. The molecular formula is C17H23N5O2. The standard InChI is InChI=1S/C17H23N5O2/c1-3-8-22-16(23)7-6-15(19-22)17(24)21-9-4-5-14(21)12-20-11-13(2)10-18-20/h6-7,10-11,14H,3-5,8-9,12H2,1-2H3/t14-/m1/s1. The molecular weight excluding hydrogens is 306 g/mol. The third-order valence-corrected chi connectivity index (χ3v) is 4.32. The van der Waals surface area contributed by atoms with Gasteiger partial charge in [0, 0.05) is 25.4 Å². The van der Waals surface area contributed by atoms with E-state index in [4.69, 9.17) is 0 Å². The van der Waals surface area contributed by atoms with Crippen molar-refractivity contribution in [1.82, 2.24) is 24.5 Å². The van der Waals surface area contributed by atoms with E-state index in [9.17, 15) is 9.59 Å². The van der Waals surface area contributed by atoms with E-state index in [-0.39, 0.29) is 17.5 Å². The van der Waals surface area contributed by atoms with Crippen LogP contribution in [0.25, 0.3) is 0 Å². The lowest BCUT2D eigenvalue weighted by Gasteiger charge is -2.24. The van der Waals surface area contributed by atoms with Crippen LogP contribution in [0.5, 0.6) is 0 Å². The molecule has 24 heavy (non-hydrogen) atoms. The Bertz CT molecular complexity index is 779. The fourth-order valence-corrected chi connectivity index (χ4v) is 3.16. The van der Waals surface area contributed by atoms with Crippen molar-refractivity contribution in [2.75, 3.05) is 6.54 Å². The zero-order valence-electron chi connectivity index (χ0n) is 14.2. The van der Waals surface area contributed by atoms with Crippen LogP contribution in [-0.2, 0) is 13.1 Å². The normalized spacial score (nSPS) is 17.4. The quantitative estimate of drug-likeness (QED) is 0.832. The van der Waals surface area contributed by atoms with E-state index in [1.54, 1.807) is 0 Å².